The van der Waals surface area contributed by atoms with Crippen molar-refractivity contribution in [3.8, 4) is 5.75 Å². The molecule has 0 N–H and O–H groups in total. The van der Waals surface area contributed by atoms with E-state index in [4.69, 9.17) is 4.74 Å². The molecule has 1 unspecified atom stereocenters. The van der Waals surface area contributed by atoms with Crippen LogP contribution in [-0.2, 0) is 0 Å². The molecule has 1 nitrogen and oxygen atoms in total. The monoisotopic (exact) mass is 228 g/mol. The molecule has 90 valence electrons. The van der Waals surface area contributed by atoms with Crippen LogP contribution in [0.5, 0.6) is 5.75 Å². The van der Waals surface area contributed by atoms with Crippen molar-refractivity contribution < 1.29 is 4.74 Å². The van der Waals surface area contributed by atoms with Gasteiger partial charge in [0.25, 0.3) is 0 Å². The van der Waals surface area contributed by atoms with Crippen molar-refractivity contribution in [2.75, 3.05) is 0 Å². The van der Waals surface area contributed by atoms with Crippen LogP contribution < -0.4 is 4.74 Å². The SMILES string of the molecule is CC1(C2CCCCC2)C=Cc2ccccc2O1. The van der Waals surface area contributed by atoms with Crippen molar-refractivity contribution in [3.05, 3.63) is 35.9 Å². The molecule has 0 spiro atoms. The molecular weight excluding hydrogens is 208 g/mol. The predicted octanol–water partition coefficient (Wildman–Crippen LogP) is 4.43. The summed E-state index contributed by atoms with van der Waals surface area (Å²) < 4.78 is 6.27. The van der Waals surface area contributed by atoms with Gasteiger partial charge in [-0.15, -0.1) is 0 Å². The molecule has 1 heteroatoms. The second-order valence-corrected chi connectivity index (χ2v) is 5.49. The third kappa shape index (κ3) is 1.99. The highest BCUT2D eigenvalue weighted by molar-refractivity contribution is 5.60. The summed E-state index contributed by atoms with van der Waals surface area (Å²) in [6.45, 7) is 2.25. The van der Waals surface area contributed by atoms with Crippen LogP contribution in [0.3, 0.4) is 0 Å². The summed E-state index contributed by atoms with van der Waals surface area (Å²) in [5, 5.41) is 0. The Morgan fingerprint density at radius 2 is 1.88 bits per heavy atom. The summed E-state index contributed by atoms with van der Waals surface area (Å²) in [5.74, 6) is 1.73. The lowest BCUT2D eigenvalue weighted by Crippen LogP contribution is -2.41. The van der Waals surface area contributed by atoms with E-state index in [0.717, 1.165) is 5.75 Å². The lowest BCUT2D eigenvalue weighted by molar-refractivity contribution is 0.0500. The van der Waals surface area contributed by atoms with Gasteiger partial charge in [-0.2, -0.15) is 0 Å². The first-order valence-corrected chi connectivity index (χ1v) is 6.75. The maximum Gasteiger partial charge on any atom is 0.127 e. The Balaban J connectivity index is 1.86. The van der Waals surface area contributed by atoms with Gasteiger partial charge in [0.15, 0.2) is 0 Å². The van der Waals surface area contributed by atoms with Gasteiger partial charge in [0, 0.05) is 11.5 Å². The zero-order valence-corrected chi connectivity index (χ0v) is 10.5. The minimum Gasteiger partial charge on any atom is -0.483 e. The van der Waals surface area contributed by atoms with E-state index in [1.165, 1.54) is 37.7 Å². The topological polar surface area (TPSA) is 9.23 Å². The fourth-order valence-corrected chi connectivity index (χ4v) is 3.13. The number of hydrogen-bond acceptors (Lipinski definition) is 1. The molecule has 1 atom stereocenters. The number of benzene rings is 1. The van der Waals surface area contributed by atoms with Crippen LogP contribution in [0.25, 0.3) is 6.08 Å². The highest BCUT2D eigenvalue weighted by atomic mass is 16.5. The number of hydrogen-bond donors (Lipinski definition) is 0. The van der Waals surface area contributed by atoms with Crippen molar-refractivity contribution >= 4 is 6.08 Å². The maximum absolute atomic E-state index is 6.27. The number of rotatable bonds is 1. The first kappa shape index (κ1) is 10.9. The van der Waals surface area contributed by atoms with Gasteiger partial charge < -0.3 is 4.74 Å². The third-order valence-corrected chi connectivity index (χ3v) is 4.26. The van der Waals surface area contributed by atoms with Gasteiger partial charge in [-0.1, -0.05) is 43.5 Å². The molecule has 0 radical (unpaired) electrons. The Labute approximate surface area is 103 Å². The summed E-state index contributed by atoms with van der Waals surface area (Å²) in [6.07, 6.45) is 11.2. The van der Waals surface area contributed by atoms with Crippen molar-refractivity contribution in [1.29, 1.82) is 0 Å². The first-order valence-electron chi connectivity index (χ1n) is 6.75. The lowest BCUT2D eigenvalue weighted by atomic mass is 9.76. The predicted molar refractivity (Wildman–Crippen MR) is 71.1 cm³/mol. The van der Waals surface area contributed by atoms with E-state index in [1.54, 1.807) is 0 Å². The Morgan fingerprint density at radius 3 is 2.71 bits per heavy atom. The summed E-state index contributed by atoms with van der Waals surface area (Å²) >= 11 is 0. The molecule has 2 aliphatic rings. The molecule has 17 heavy (non-hydrogen) atoms. The molecule has 0 aromatic heterocycles. The number of ether oxygens (including phenoxy) is 1. The van der Waals surface area contributed by atoms with Gasteiger partial charge in [0.2, 0.25) is 0 Å². The summed E-state index contributed by atoms with van der Waals surface area (Å²) in [4.78, 5) is 0. The van der Waals surface area contributed by atoms with Gasteiger partial charge in [-0.25, -0.2) is 0 Å². The highest BCUT2D eigenvalue weighted by Crippen LogP contribution is 2.40. The zero-order chi connectivity index (χ0) is 11.7. The smallest absolute Gasteiger partial charge is 0.127 e. The molecule has 1 heterocycles. The van der Waals surface area contributed by atoms with Crippen LogP contribution in [0, 0.1) is 5.92 Å². The zero-order valence-electron chi connectivity index (χ0n) is 10.5. The van der Waals surface area contributed by atoms with E-state index in [2.05, 4.69) is 43.3 Å². The first-order chi connectivity index (χ1) is 8.28. The van der Waals surface area contributed by atoms with Gasteiger partial charge >= 0.3 is 0 Å². The molecular formula is C16H20O. The van der Waals surface area contributed by atoms with E-state index in [1.807, 2.05) is 0 Å². The average Bonchev–Trinajstić information content (AvgIpc) is 2.40. The average molecular weight is 228 g/mol. The van der Waals surface area contributed by atoms with Crippen LogP contribution >= 0.6 is 0 Å². The third-order valence-electron chi connectivity index (χ3n) is 4.26. The molecule has 0 bridgehead atoms. The summed E-state index contributed by atoms with van der Waals surface area (Å²) in [6, 6.07) is 8.32. The molecule has 1 aliphatic heterocycles. The second-order valence-electron chi connectivity index (χ2n) is 5.49. The molecule has 1 aromatic rings. The van der Waals surface area contributed by atoms with Gasteiger partial charge in [0.05, 0.1) is 0 Å². The molecule has 3 rings (SSSR count). The molecule has 0 saturated heterocycles. The van der Waals surface area contributed by atoms with Crippen LogP contribution in [0.1, 0.15) is 44.6 Å². The maximum atomic E-state index is 6.27. The Hall–Kier alpha value is -1.24. The van der Waals surface area contributed by atoms with Crippen LogP contribution in [-0.4, -0.2) is 5.60 Å². The van der Waals surface area contributed by atoms with E-state index >= 15 is 0 Å². The normalized spacial score (nSPS) is 28.5. The largest absolute Gasteiger partial charge is 0.483 e. The van der Waals surface area contributed by atoms with Crippen LogP contribution in [0.4, 0.5) is 0 Å². The quantitative estimate of drug-likeness (QED) is 0.691. The van der Waals surface area contributed by atoms with Crippen LogP contribution in [0.2, 0.25) is 0 Å². The fraction of sp³-hybridized carbons (Fsp3) is 0.500. The van der Waals surface area contributed by atoms with Crippen molar-refractivity contribution in [2.24, 2.45) is 5.92 Å². The van der Waals surface area contributed by atoms with E-state index in [9.17, 15) is 0 Å². The Kier molecular flexibility index (Phi) is 2.70. The fourth-order valence-electron chi connectivity index (χ4n) is 3.13. The number of fused-ring (bicyclic) bond motifs is 1. The van der Waals surface area contributed by atoms with Crippen molar-refractivity contribution in [1.82, 2.24) is 0 Å². The molecule has 1 aliphatic carbocycles. The second kappa shape index (κ2) is 4.21. The van der Waals surface area contributed by atoms with Gasteiger partial charge in [-0.05, 0) is 31.9 Å². The summed E-state index contributed by atoms with van der Waals surface area (Å²) in [7, 11) is 0. The van der Waals surface area contributed by atoms with Gasteiger partial charge in [0.1, 0.15) is 11.4 Å². The van der Waals surface area contributed by atoms with Crippen LogP contribution in [0.15, 0.2) is 30.3 Å². The summed E-state index contributed by atoms with van der Waals surface area (Å²) in [5.41, 5.74) is 1.12. The molecule has 0 amide bonds. The molecule has 1 saturated carbocycles. The minimum absolute atomic E-state index is 0.0885. The Morgan fingerprint density at radius 1 is 1.12 bits per heavy atom. The standard InChI is InChI=1S/C16H20O/c1-16(14-8-3-2-4-9-14)12-11-13-7-5-6-10-15(13)17-16/h5-7,10-12,14H,2-4,8-9H2,1H3. The van der Waals surface area contributed by atoms with Crippen molar-refractivity contribution in [3.63, 3.8) is 0 Å². The van der Waals surface area contributed by atoms with E-state index < -0.39 is 0 Å². The minimum atomic E-state index is -0.0885. The van der Waals surface area contributed by atoms with Crippen molar-refractivity contribution in [2.45, 2.75) is 44.6 Å². The molecule has 1 fully saturated rings. The van der Waals surface area contributed by atoms with Gasteiger partial charge in [-0.3, -0.25) is 0 Å². The molecule has 1 aromatic carbocycles. The number of para-hydroxylation sites is 1. The van der Waals surface area contributed by atoms with E-state index in [0.29, 0.717) is 5.92 Å². The Bertz CT molecular complexity index is 429. The lowest BCUT2D eigenvalue weighted by Gasteiger charge is -2.40. The van der Waals surface area contributed by atoms with E-state index in [-0.39, 0.29) is 5.60 Å². The highest BCUT2D eigenvalue weighted by Gasteiger charge is 2.36.